The number of ether oxygens (including phenoxy) is 1. The molecule has 190 valence electrons. The van der Waals surface area contributed by atoms with Crippen LogP contribution in [0.25, 0.3) is 10.8 Å². The second-order valence-electron chi connectivity index (χ2n) is 7.94. The van der Waals surface area contributed by atoms with Crippen LogP contribution in [0.2, 0.25) is 0 Å². The molecule has 6 nitrogen and oxygen atoms in total. The van der Waals surface area contributed by atoms with Crippen molar-refractivity contribution < 1.29 is 4.74 Å². The molecule has 3 N–H and O–H groups in total. The minimum absolute atomic E-state index is 0.129. The molecule has 2 aliphatic rings. The van der Waals surface area contributed by atoms with Gasteiger partial charge in [0.05, 0.1) is 18.5 Å². The van der Waals surface area contributed by atoms with Gasteiger partial charge < -0.3 is 15.5 Å². The van der Waals surface area contributed by atoms with Crippen LogP contribution in [0.15, 0.2) is 89.7 Å². The fourth-order valence-corrected chi connectivity index (χ4v) is 4.31. The van der Waals surface area contributed by atoms with E-state index < -0.39 is 0 Å². The molecule has 3 aromatic carbocycles. The predicted octanol–water partition coefficient (Wildman–Crippen LogP) is 6.60. The summed E-state index contributed by atoms with van der Waals surface area (Å²) in [5.74, 6) is 0.789. The number of nitrogens with zero attached hydrogens (tertiary/aromatic N) is 2. The zero-order valence-electron chi connectivity index (χ0n) is 22.3. The lowest BCUT2D eigenvalue weighted by molar-refractivity contribution is 0.220. The van der Waals surface area contributed by atoms with E-state index in [0.717, 1.165) is 40.9 Å². The molecule has 0 fully saturated rings. The first kappa shape index (κ1) is 26.8. The van der Waals surface area contributed by atoms with E-state index in [2.05, 4.69) is 70.8 Å². The Morgan fingerprint density at radius 3 is 2.50 bits per heavy atom. The molecule has 0 saturated carbocycles. The molecule has 36 heavy (non-hydrogen) atoms. The summed E-state index contributed by atoms with van der Waals surface area (Å²) in [6.45, 7) is 8.86. The number of anilines is 1. The van der Waals surface area contributed by atoms with Crippen molar-refractivity contribution in [3.05, 3.63) is 95.7 Å². The largest absolute Gasteiger partial charge is 0.495 e. The fourth-order valence-electron chi connectivity index (χ4n) is 4.31. The van der Waals surface area contributed by atoms with Crippen molar-refractivity contribution in [1.82, 2.24) is 15.8 Å². The number of benzene rings is 3. The number of hydrazone groups is 1. The monoisotopic (exact) mass is 485 g/mol. The molecule has 2 aliphatic heterocycles. The van der Waals surface area contributed by atoms with Crippen LogP contribution in [-0.4, -0.2) is 31.4 Å². The third kappa shape index (κ3) is 5.89. The smallest absolute Gasteiger partial charge is 0.143 e. The van der Waals surface area contributed by atoms with Crippen LogP contribution < -0.4 is 20.9 Å². The third-order valence-corrected chi connectivity index (χ3v) is 5.93. The molecule has 0 aliphatic carbocycles. The summed E-state index contributed by atoms with van der Waals surface area (Å²) < 4.78 is 5.63. The third-order valence-electron chi connectivity index (χ3n) is 5.93. The van der Waals surface area contributed by atoms with E-state index in [4.69, 9.17) is 9.84 Å². The summed E-state index contributed by atoms with van der Waals surface area (Å²) in [6, 6.07) is 20.8. The number of hydrazine groups is 1. The predicted molar refractivity (Wildman–Crippen MR) is 153 cm³/mol. The first-order valence-electron chi connectivity index (χ1n) is 12.8. The fraction of sp³-hybridized carbons (Fsp3) is 0.300. The van der Waals surface area contributed by atoms with Crippen LogP contribution in [0.5, 0.6) is 5.75 Å². The Morgan fingerprint density at radius 1 is 1.00 bits per heavy atom. The van der Waals surface area contributed by atoms with Crippen LogP contribution in [0.4, 0.5) is 5.69 Å². The highest BCUT2D eigenvalue weighted by Crippen LogP contribution is 2.34. The summed E-state index contributed by atoms with van der Waals surface area (Å²) in [4.78, 5) is 0. The summed E-state index contributed by atoms with van der Waals surface area (Å²) in [6.07, 6.45) is 7.00. The number of rotatable bonds is 6. The minimum Gasteiger partial charge on any atom is -0.495 e. The van der Waals surface area contributed by atoms with E-state index in [0.29, 0.717) is 0 Å². The van der Waals surface area contributed by atoms with E-state index in [1.54, 1.807) is 7.11 Å². The Hall–Kier alpha value is -3.77. The van der Waals surface area contributed by atoms with Crippen molar-refractivity contribution >= 4 is 22.2 Å². The number of methoxy groups -OCH3 is 1. The molecule has 3 aromatic rings. The zero-order chi connectivity index (χ0) is 25.9. The van der Waals surface area contributed by atoms with Gasteiger partial charge in [-0.25, -0.2) is 5.43 Å². The molecule has 5 rings (SSSR count). The lowest BCUT2D eigenvalue weighted by atomic mass is 9.94. The van der Waals surface area contributed by atoms with Crippen LogP contribution >= 0.6 is 0 Å². The number of nitrogens with one attached hydrogen (secondary N) is 3. The summed E-state index contributed by atoms with van der Waals surface area (Å²) in [5, 5.41) is 12.4. The van der Waals surface area contributed by atoms with Crippen LogP contribution in [0.1, 0.15) is 51.4 Å². The summed E-state index contributed by atoms with van der Waals surface area (Å²) in [5.41, 5.74) is 12.5. The van der Waals surface area contributed by atoms with Crippen molar-refractivity contribution in [3.63, 3.8) is 0 Å². The van der Waals surface area contributed by atoms with E-state index in [9.17, 15) is 0 Å². The first-order valence-corrected chi connectivity index (χ1v) is 12.8. The van der Waals surface area contributed by atoms with E-state index in [1.165, 1.54) is 16.7 Å². The molecule has 1 unspecified atom stereocenters. The normalized spacial score (nSPS) is 15.7. The Balaban J connectivity index is 0.000000861. The van der Waals surface area contributed by atoms with Crippen molar-refractivity contribution in [3.8, 4) is 5.75 Å². The number of hydrogen-bond acceptors (Lipinski definition) is 6. The maximum absolute atomic E-state index is 5.63. The summed E-state index contributed by atoms with van der Waals surface area (Å²) in [7, 11) is 3.69. The van der Waals surface area contributed by atoms with Crippen molar-refractivity contribution in [1.29, 1.82) is 0 Å². The standard InChI is InChI=1S/C26H27N5O.2C2H6/c1-31-26(29-28-25-20-8-4-3-7-19(20)11-12-24(25)32-2)22-10-6-5-9-21(22)23(30-31)17-18-13-15-27-16-14-18;2*1-2/h3-15,26-29H,16-17H2,1-2H3;2*1-2H3. The van der Waals surface area contributed by atoms with Crippen molar-refractivity contribution in [2.45, 2.75) is 40.3 Å². The SMILES string of the molecule is CC.CC.COc1ccc2ccccc2c1NNC1c2ccccc2C(CC2=CCNC=C2)=NN1C. The Labute approximate surface area is 215 Å². The number of dihydropyridines is 1. The van der Waals surface area contributed by atoms with Gasteiger partial charge in [-0.15, -0.1) is 0 Å². The van der Waals surface area contributed by atoms with Gasteiger partial charge in [-0.1, -0.05) is 88.4 Å². The average molecular weight is 486 g/mol. The molecule has 0 radical (unpaired) electrons. The number of allylic oxidation sites excluding steroid dienone is 2. The Bertz CT molecular complexity index is 1230. The van der Waals surface area contributed by atoms with E-state index in [-0.39, 0.29) is 6.17 Å². The molecular formula is C30H39N5O. The van der Waals surface area contributed by atoms with Gasteiger partial charge in [0.2, 0.25) is 0 Å². The molecule has 2 heterocycles. The zero-order valence-corrected chi connectivity index (χ0v) is 22.3. The quantitative estimate of drug-likeness (QED) is 0.344. The van der Waals surface area contributed by atoms with Gasteiger partial charge in [-0.2, -0.15) is 5.10 Å². The Kier molecular flexibility index (Phi) is 9.95. The van der Waals surface area contributed by atoms with E-state index >= 15 is 0 Å². The molecule has 0 amide bonds. The minimum atomic E-state index is -0.129. The maximum atomic E-state index is 5.63. The summed E-state index contributed by atoms with van der Waals surface area (Å²) >= 11 is 0. The van der Waals surface area contributed by atoms with Crippen LogP contribution in [-0.2, 0) is 0 Å². The lowest BCUT2D eigenvalue weighted by Crippen LogP contribution is -2.40. The lowest BCUT2D eigenvalue weighted by Gasteiger charge is -2.34. The van der Waals surface area contributed by atoms with Gasteiger partial charge in [0.1, 0.15) is 11.9 Å². The van der Waals surface area contributed by atoms with Gasteiger partial charge in [0.25, 0.3) is 0 Å². The molecule has 6 heteroatoms. The highest BCUT2D eigenvalue weighted by molar-refractivity contribution is 6.04. The second-order valence-corrected chi connectivity index (χ2v) is 7.94. The maximum Gasteiger partial charge on any atom is 0.143 e. The van der Waals surface area contributed by atoms with Gasteiger partial charge in [0.15, 0.2) is 0 Å². The van der Waals surface area contributed by atoms with E-state index in [1.807, 2.05) is 64.2 Å². The van der Waals surface area contributed by atoms with Gasteiger partial charge in [-0.05, 0) is 29.3 Å². The topological polar surface area (TPSA) is 60.9 Å². The molecule has 0 bridgehead atoms. The number of hydrogen-bond donors (Lipinski definition) is 3. The Morgan fingerprint density at radius 2 is 1.75 bits per heavy atom. The van der Waals surface area contributed by atoms with Crippen molar-refractivity contribution in [2.24, 2.45) is 5.10 Å². The number of fused-ring (bicyclic) bond motifs is 2. The average Bonchev–Trinajstić information content (AvgIpc) is 2.95. The second kappa shape index (κ2) is 13.4. The highest BCUT2D eigenvalue weighted by atomic mass is 16.5. The van der Waals surface area contributed by atoms with Crippen LogP contribution in [0.3, 0.4) is 0 Å². The van der Waals surface area contributed by atoms with Gasteiger partial charge in [-0.3, -0.25) is 5.01 Å². The molecule has 0 saturated heterocycles. The highest BCUT2D eigenvalue weighted by Gasteiger charge is 2.27. The molecular weight excluding hydrogens is 446 g/mol. The van der Waals surface area contributed by atoms with Gasteiger partial charge in [0, 0.05) is 36.5 Å². The molecule has 0 spiro atoms. The first-order chi connectivity index (χ1) is 17.7. The van der Waals surface area contributed by atoms with Crippen molar-refractivity contribution in [2.75, 3.05) is 26.1 Å². The molecule has 1 atom stereocenters. The van der Waals surface area contributed by atoms with Gasteiger partial charge >= 0.3 is 0 Å². The molecule has 0 aromatic heterocycles. The van der Waals surface area contributed by atoms with Crippen LogP contribution in [0, 0.1) is 0 Å².